The van der Waals surface area contributed by atoms with Crippen molar-refractivity contribution in [1.29, 1.82) is 0 Å². The molecule has 2 heterocycles. The van der Waals surface area contributed by atoms with Gasteiger partial charge in [-0.1, -0.05) is 0 Å². The third kappa shape index (κ3) is 10.3. The van der Waals surface area contributed by atoms with Crippen molar-refractivity contribution in [3.63, 3.8) is 0 Å². The number of hydrogen-bond acceptors (Lipinski definition) is 13. The Morgan fingerprint density at radius 2 is 1.13 bits per heavy atom. The minimum atomic E-state index is -3.73. The van der Waals surface area contributed by atoms with Crippen molar-refractivity contribution >= 4 is 37.7 Å². The van der Waals surface area contributed by atoms with Gasteiger partial charge in [0.2, 0.25) is 0 Å². The molecule has 3 N–H and O–H groups in total. The van der Waals surface area contributed by atoms with Crippen LogP contribution < -0.4 is 5.32 Å². The number of hydrogen-bond donors (Lipinski definition) is 3. The van der Waals surface area contributed by atoms with Crippen molar-refractivity contribution in [3.8, 4) is 11.5 Å². The molecule has 2 aliphatic heterocycles. The smallest absolute Gasteiger partial charge is 0.410 e. The molecule has 14 nitrogen and oxygen atoms in total. The average molecular weight is 699 g/mol. The minimum absolute atomic E-state index is 0.0125. The molecule has 47 heavy (non-hydrogen) atoms. The van der Waals surface area contributed by atoms with E-state index in [9.17, 15) is 41.4 Å². The highest BCUT2D eigenvalue weighted by atomic mass is 32.2. The molecule has 0 bridgehead atoms. The predicted molar refractivity (Wildman–Crippen MR) is 169 cm³/mol. The lowest BCUT2D eigenvalue weighted by molar-refractivity contribution is -0.146. The molecular formula is C31H42N2O12S2. The molecule has 0 saturated carbocycles. The van der Waals surface area contributed by atoms with Crippen LogP contribution in [0.1, 0.15) is 33.6 Å². The first kappa shape index (κ1) is 37.6. The fourth-order valence-corrected chi connectivity index (χ4v) is 8.90. The number of rotatable bonds is 10. The van der Waals surface area contributed by atoms with E-state index in [2.05, 4.69) is 10.1 Å². The highest BCUT2D eigenvalue weighted by Gasteiger charge is 2.51. The molecule has 2 fully saturated rings. The molecule has 4 rings (SSSR count). The van der Waals surface area contributed by atoms with Crippen molar-refractivity contribution in [3.05, 3.63) is 48.5 Å². The minimum Gasteiger partial charge on any atom is -0.508 e. The maximum Gasteiger partial charge on any atom is 0.410 e. The van der Waals surface area contributed by atoms with Crippen LogP contribution in [0.3, 0.4) is 0 Å². The SMILES string of the molecule is COC(=O)CC1(CS(=O)(=O)c2ccc(O)cc2)CN(C(=O)OC(C)(C)C)C1.COC(=O)CC1(CS(=O)(=O)c2ccc(O)cc2)CNC1. The summed E-state index contributed by atoms with van der Waals surface area (Å²) in [7, 11) is -4.72. The summed E-state index contributed by atoms with van der Waals surface area (Å²) in [5.74, 6) is -1.42. The monoisotopic (exact) mass is 698 g/mol. The molecule has 2 aromatic carbocycles. The fourth-order valence-electron chi connectivity index (χ4n) is 5.27. The van der Waals surface area contributed by atoms with Crippen LogP contribution in [0, 0.1) is 10.8 Å². The molecule has 2 aromatic rings. The number of nitrogens with zero attached hydrogens (tertiary/aromatic N) is 1. The Morgan fingerprint density at radius 1 is 0.745 bits per heavy atom. The summed E-state index contributed by atoms with van der Waals surface area (Å²) < 4.78 is 64.8. The van der Waals surface area contributed by atoms with Crippen molar-refractivity contribution in [1.82, 2.24) is 10.2 Å². The van der Waals surface area contributed by atoms with Gasteiger partial charge in [-0.3, -0.25) is 9.59 Å². The maximum atomic E-state index is 12.8. The Hall–Kier alpha value is -3.89. The van der Waals surface area contributed by atoms with E-state index in [-0.39, 0.29) is 58.7 Å². The number of esters is 2. The lowest BCUT2D eigenvalue weighted by Crippen LogP contribution is -2.62. The van der Waals surface area contributed by atoms with E-state index in [1.54, 1.807) is 20.8 Å². The number of sulfone groups is 2. The zero-order chi connectivity index (χ0) is 35.3. The van der Waals surface area contributed by atoms with Gasteiger partial charge in [0.25, 0.3) is 0 Å². The van der Waals surface area contributed by atoms with Gasteiger partial charge < -0.3 is 34.6 Å². The van der Waals surface area contributed by atoms with E-state index in [1.807, 2.05) is 0 Å². The number of nitrogens with one attached hydrogen (secondary N) is 1. The first-order valence-corrected chi connectivity index (χ1v) is 17.9. The van der Waals surface area contributed by atoms with Gasteiger partial charge in [0.1, 0.15) is 17.1 Å². The number of ether oxygens (including phenoxy) is 3. The van der Waals surface area contributed by atoms with Gasteiger partial charge in [0, 0.05) is 37.0 Å². The lowest BCUT2D eigenvalue weighted by Gasteiger charge is -2.49. The van der Waals surface area contributed by atoms with E-state index in [0.29, 0.717) is 13.1 Å². The molecule has 0 aliphatic carbocycles. The molecule has 0 atom stereocenters. The van der Waals surface area contributed by atoms with Crippen molar-refractivity contribution in [2.24, 2.45) is 10.8 Å². The second-order valence-electron chi connectivity index (χ2n) is 13.0. The van der Waals surface area contributed by atoms with E-state index >= 15 is 0 Å². The molecule has 2 aliphatic rings. The number of benzene rings is 2. The normalized spacial score (nSPS) is 16.7. The number of aromatic hydroxyl groups is 2. The predicted octanol–water partition coefficient (Wildman–Crippen LogP) is 2.28. The molecule has 0 unspecified atom stereocenters. The van der Waals surface area contributed by atoms with E-state index in [0.717, 1.165) is 0 Å². The number of likely N-dealkylation sites (tertiary alicyclic amines) is 1. The summed E-state index contributed by atoms with van der Waals surface area (Å²) in [5.41, 5.74) is -2.22. The van der Waals surface area contributed by atoms with Crippen LogP contribution >= 0.6 is 0 Å². The van der Waals surface area contributed by atoms with Crippen LogP contribution in [0.2, 0.25) is 0 Å². The summed E-state index contributed by atoms with van der Waals surface area (Å²) in [6.07, 6.45) is -0.599. The third-order valence-electron chi connectivity index (χ3n) is 7.58. The third-order valence-corrected chi connectivity index (χ3v) is 11.5. The average Bonchev–Trinajstić information content (AvgIpc) is 2.93. The van der Waals surface area contributed by atoms with Gasteiger partial charge in [0.15, 0.2) is 19.7 Å². The van der Waals surface area contributed by atoms with Gasteiger partial charge >= 0.3 is 18.0 Å². The second kappa shape index (κ2) is 14.5. The molecular weight excluding hydrogens is 656 g/mol. The number of methoxy groups -OCH3 is 2. The Bertz CT molecular complexity index is 1640. The number of carbonyl (C=O) groups excluding carboxylic acids is 3. The Balaban J connectivity index is 0.000000267. The fraction of sp³-hybridized carbons (Fsp3) is 0.516. The van der Waals surface area contributed by atoms with Crippen molar-refractivity contribution in [2.45, 2.75) is 49.0 Å². The number of phenols is 2. The topological polar surface area (TPSA) is 203 Å². The van der Waals surface area contributed by atoms with Crippen LogP contribution in [-0.2, 0) is 43.5 Å². The van der Waals surface area contributed by atoms with E-state index in [4.69, 9.17) is 9.47 Å². The van der Waals surface area contributed by atoms with Crippen LogP contribution in [0.4, 0.5) is 4.79 Å². The van der Waals surface area contributed by atoms with Crippen LogP contribution in [0.5, 0.6) is 11.5 Å². The maximum absolute atomic E-state index is 12.8. The van der Waals surface area contributed by atoms with Crippen LogP contribution in [0.15, 0.2) is 58.3 Å². The highest BCUT2D eigenvalue weighted by molar-refractivity contribution is 7.91. The number of phenolic OH excluding ortho intramolecular Hbond substituents is 2. The van der Waals surface area contributed by atoms with Gasteiger partial charge in [-0.15, -0.1) is 0 Å². The summed E-state index contributed by atoms with van der Waals surface area (Å²) in [5, 5.41) is 21.5. The Labute approximate surface area is 274 Å². The molecule has 260 valence electrons. The molecule has 0 spiro atoms. The quantitative estimate of drug-likeness (QED) is 0.241. The first-order valence-electron chi connectivity index (χ1n) is 14.6. The van der Waals surface area contributed by atoms with E-state index < -0.39 is 54.1 Å². The van der Waals surface area contributed by atoms with Crippen molar-refractivity contribution in [2.75, 3.05) is 51.9 Å². The summed E-state index contributed by atoms with van der Waals surface area (Å²) >= 11 is 0. The molecule has 2 saturated heterocycles. The lowest BCUT2D eigenvalue weighted by atomic mass is 9.79. The summed E-state index contributed by atoms with van der Waals surface area (Å²) in [6.45, 7) is 6.31. The van der Waals surface area contributed by atoms with E-state index in [1.165, 1.54) is 67.7 Å². The zero-order valence-corrected chi connectivity index (χ0v) is 28.6. The van der Waals surface area contributed by atoms with Gasteiger partial charge in [-0.25, -0.2) is 21.6 Å². The molecule has 0 radical (unpaired) electrons. The summed E-state index contributed by atoms with van der Waals surface area (Å²) in [4.78, 5) is 36.9. The first-order chi connectivity index (χ1) is 21.7. The Morgan fingerprint density at radius 3 is 1.47 bits per heavy atom. The number of carbonyl (C=O) groups is 3. The van der Waals surface area contributed by atoms with Gasteiger partial charge in [-0.2, -0.15) is 0 Å². The van der Waals surface area contributed by atoms with Gasteiger partial charge in [-0.05, 0) is 69.3 Å². The van der Waals surface area contributed by atoms with Crippen LogP contribution in [-0.4, -0.2) is 107 Å². The van der Waals surface area contributed by atoms with Crippen LogP contribution in [0.25, 0.3) is 0 Å². The molecule has 1 amide bonds. The van der Waals surface area contributed by atoms with Crippen molar-refractivity contribution < 1.29 is 55.6 Å². The molecule has 0 aromatic heterocycles. The van der Waals surface area contributed by atoms with Gasteiger partial charge in [0.05, 0.1) is 48.4 Å². The highest BCUT2D eigenvalue weighted by Crippen LogP contribution is 2.38. The number of amides is 1. The molecule has 16 heteroatoms. The zero-order valence-electron chi connectivity index (χ0n) is 27.0. The summed E-state index contributed by atoms with van der Waals surface area (Å²) in [6, 6.07) is 10.6. The Kier molecular flexibility index (Phi) is 11.6. The largest absolute Gasteiger partial charge is 0.508 e. The second-order valence-corrected chi connectivity index (χ2v) is 16.9. The standard InChI is InChI=1S/C18H25NO7S.C13H17NO5S/c1-17(2,3)26-16(22)19-10-18(11-19,9-15(21)25-4)12-27(23,24)14-7-5-13(20)6-8-14;1-19-12(16)6-13(7-14-8-13)9-20(17,18)11-4-2-10(15)3-5-11/h5-8,20H,9-12H2,1-4H3;2-5,14-15H,6-9H2,1H3.